The van der Waals surface area contributed by atoms with Crippen LogP contribution in [-0.4, -0.2) is 50.0 Å². The summed E-state index contributed by atoms with van der Waals surface area (Å²) < 4.78 is 1.43. The highest BCUT2D eigenvalue weighted by Gasteiger charge is 2.30. The lowest BCUT2D eigenvalue weighted by molar-refractivity contribution is -0.133. The lowest BCUT2D eigenvalue weighted by Gasteiger charge is -2.27. The van der Waals surface area contributed by atoms with Gasteiger partial charge in [0.15, 0.2) is 5.69 Å². The van der Waals surface area contributed by atoms with Crippen molar-refractivity contribution in [1.82, 2.24) is 19.9 Å². The van der Waals surface area contributed by atoms with E-state index in [2.05, 4.69) is 10.3 Å². The van der Waals surface area contributed by atoms with E-state index in [0.717, 1.165) is 32.4 Å². The van der Waals surface area contributed by atoms with Gasteiger partial charge in [-0.1, -0.05) is 26.0 Å². The van der Waals surface area contributed by atoms with E-state index >= 15 is 0 Å². The van der Waals surface area contributed by atoms with Crippen molar-refractivity contribution in [2.75, 3.05) is 13.1 Å². The van der Waals surface area contributed by atoms with Gasteiger partial charge in [-0.15, -0.1) is 5.10 Å². The van der Waals surface area contributed by atoms with Gasteiger partial charge in [0.25, 0.3) is 0 Å². The van der Waals surface area contributed by atoms with Crippen molar-refractivity contribution in [3.63, 3.8) is 0 Å². The normalized spacial score (nSPS) is 16.0. The van der Waals surface area contributed by atoms with E-state index in [0.29, 0.717) is 5.69 Å². The molecule has 1 aliphatic heterocycles. The molecule has 1 amide bonds. The molecule has 0 bridgehead atoms. The highest BCUT2D eigenvalue weighted by Crippen LogP contribution is 2.25. The molecule has 1 aromatic rings. The van der Waals surface area contributed by atoms with Crippen LogP contribution in [-0.2, 0) is 16.8 Å². The number of carboxylic acid groups (broad SMARTS) is 1. The zero-order valence-corrected chi connectivity index (χ0v) is 12.8. The summed E-state index contributed by atoms with van der Waals surface area (Å²) in [4.78, 5) is 25.4. The summed E-state index contributed by atoms with van der Waals surface area (Å²) in [6.45, 7) is 7.25. The fourth-order valence-corrected chi connectivity index (χ4v) is 2.68. The van der Waals surface area contributed by atoms with Gasteiger partial charge in [-0.3, -0.25) is 4.79 Å². The number of aromatic carboxylic acids is 1. The van der Waals surface area contributed by atoms with Crippen molar-refractivity contribution in [2.45, 2.75) is 52.0 Å². The van der Waals surface area contributed by atoms with Crippen molar-refractivity contribution < 1.29 is 14.7 Å². The average molecular weight is 294 g/mol. The van der Waals surface area contributed by atoms with Crippen LogP contribution in [0.2, 0.25) is 0 Å². The summed E-state index contributed by atoms with van der Waals surface area (Å²) in [5, 5.41) is 16.8. The molecule has 0 unspecified atom stereocenters. The molecule has 116 valence electrons. The lowest BCUT2D eigenvalue weighted by atomic mass is 9.90. The third-order valence-electron chi connectivity index (χ3n) is 3.64. The number of hydrogen-bond acceptors (Lipinski definition) is 4. The van der Waals surface area contributed by atoms with E-state index in [1.54, 1.807) is 0 Å². The Bertz CT molecular complexity index is 539. The molecule has 0 saturated carbocycles. The molecular weight excluding hydrogens is 272 g/mol. The van der Waals surface area contributed by atoms with Crippen molar-refractivity contribution in [3.8, 4) is 0 Å². The molecule has 1 aliphatic rings. The SMILES string of the molecule is CC(C)(C)c1c(C(=O)O)nnn1CC(=O)N1CCCCC1. The van der Waals surface area contributed by atoms with Crippen molar-refractivity contribution in [2.24, 2.45) is 0 Å². The van der Waals surface area contributed by atoms with E-state index in [-0.39, 0.29) is 18.1 Å². The highest BCUT2D eigenvalue weighted by atomic mass is 16.4. The standard InChI is InChI=1S/C14H22N4O3/c1-14(2,3)12-11(13(20)21)15-16-18(12)9-10(19)17-7-5-4-6-8-17/h4-9H2,1-3H3,(H,20,21). The molecule has 0 aromatic carbocycles. The van der Waals surface area contributed by atoms with E-state index in [9.17, 15) is 14.7 Å². The molecule has 1 aromatic heterocycles. The van der Waals surface area contributed by atoms with E-state index in [4.69, 9.17) is 0 Å². The molecule has 1 saturated heterocycles. The van der Waals surface area contributed by atoms with Crippen LogP contribution in [0.5, 0.6) is 0 Å². The quantitative estimate of drug-likeness (QED) is 0.907. The molecule has 0 radical (unpaired) electrons. The molecular formula is C14H22N4O3. The summed E-state index contributed by atoms with van der Waals surface area (Å²) in [7, 11) is 0. The topological polar surface area (TPSA) is 88.3 Å². The zero-order valence-electron chi connectivity index (χ0n) is 12.8. The minimum Gasteiger partial charge on any atom is -0.476 e. The Morgan fingerprint density at radius 2 is 1.81 bits per heavy atom. The zero-order chi connectivity index (χ0) is 15.6. The Hall–Kier alpha value is -1.92. The monoisotopic (exact) mass is 294 g/mol. The van der Waals surface area contributed by atoms with Crippen LogP contribution < -0.4 is 0 Å². The maximum absolute atomic E-state index is 12.3. The van der Waals surface area contributed by atoms with E-state index in [1.165, 1.54) is 4.68 Å². The largest absolute Gasteiger partial charge is 0.476 e. The Kier molecular flexibility index (Phi) is 4.29. The first-order valence-electron chi connectivity index (χ1n) is 7.25. The number of likely N-dealkylation sites (tertiary alicyclic amines) is 1. The minimum atomic E-state index is -1.11. The van der Waals surface area contributed by atoms with Gasteiger partial charge in [-0.05, 0) is 19.3 Å². The van der Waals surface area contributed by atoms with E-state index in [1.807, 2.05) is 25.7 Å². The predicted molar refractivity (Wildman–Crippen MR) is 76.1 cm³/mol. The van der Waals surface area contributed by atoms with Gasteiger partial charge in [-0.25, -0.2) is 9.48 Å². The molecule has 1 fully saturated rings. The Morgan fingerprint density at radius 1 is 1.19 bits per heavy atom. The molecule has 0 aliphatic carbocycles. The summed E-state index contributed by atoms with van der Waals surface area (Å²) >= 11 is 0. The number of carbonyl (C=O) groups excluding carboxylic acids is 1. The van der Waals surface area contributed by atoms with Gasteiger partial charge in [0.05, 0.1) is 5.69 Å². The van der Waals surface area contributed by atoms with Crippen LogP contribution in [0.3, 0.4) is 0 Å². The molecule has 0 atom stereocenters. The summed E-state index contributed by atoms with van der Waals surface area (Å²) in [5.41, 5.74) is -0.0336. The fourth-order valence-electron chi connectivity index (χ4n) is 2.68. The fraction of sp³-hybridized carbons (Fsp3) is 0.714. The van der Waals surface area contributed by atoms with Gasteiger partial charge in [0, 0.05) is 18.5 Å². The number of amides is 1. The number of nitrogens with zero attached hydrogens (tertiary/aromatic N) is 4. The first kappa shape index (κ1) is 15.5. The maximum atomic E-state index is 12.3. The molecule has 2 rings (SSSR count). The summed E-state index contributed by atoms with van der Waals surface area (Å²) in [6.07, 6.45) is 3.20. The third-order valence-corrected chi connectivity index (χ3v) is 3.64. The van der Waals surface area contributed by atoms with Gasteiger partial charge in [0.2, 0.25) is 5.91 Å². The number of piperidine rings is 1. The minimum absolute atomic E-state index is 0.0259. The molecule has 1 N–H and O–H groups in total. The van der Waals surface area contributed by atoms with Crippen molar-refractivity contribution in [3.05, 3.63) is 11.4 Å². The van der Waals surface area contributed by atoms with Gasteiger partial charge < -0.3 is 10.0 Å². The summed E-state index contributed by atoms with van der Waals surface area (Å²) in [5.74, 6) is -1.14. The summed E-state index contributed by atoms with van der Waals surface area (Å²) in [6, 6.07) is 0. The van der Waals surface area contributed by atoms with Crippen LogP contribution in [0.15, 0.2) is 0 Å². The highest BCUT2D eigenvalue weighted by molar-refractivity contribution is 5.87. The molecule has 7 nitrogen and oxygen atoms in total. The van der Waals surface area contributed by atoms with Crippen molar-refractivity contribution >= 4 is 11.9 Å². The Morgan fingerprint density at radius 3 is 2.33 bits per heavy atom. The second kappa shape index (κ2) is 5.83. The first-order valence-corrected chi connectivity index (χ1v) is 7.25. The molecule has 0 spiro atoms. The number of carboxylic acids is 1. The molecule has 21 heavy (non-hydrogen) atoms. The predicted octanol–water partition coefficient (Wildman–Crippen LogP) is 1.29. The molecule has 7 heteroatoms. The smallest absolute Gasteiger partial charge is 0.358 e. The van der Waals surface area contributed by atoms with Gasteiger partial charge >= 0.3 is 5.97 Å². The molecule has 2 heterocycles. The second-order valence-electron chi connectivity index (χ2n) is 6.44. The third kappa shape index (κ3) is 3.40. The van der Waals surface area contributed by atoms with Crippen LogP contribution in [0.1, 0.15) is 56.2 Å². The van der Waals surface area contributed by atoms with Crippen molar-refractivity contribution in [1.29, 1.82) is 0 Å². The Balaban J connectivity index is 2.23. The van der Waals surface area contributed by atoms with E-state index < -0.39 is 11.4 Å². The number of hydrogen-bond donors (Lipinski definition) is 1. The average Bonchev–Trinajstić information content (AvgIpc) is 2.83. The maximum Gasteiger partial charge on any atom is 0.358 e. The van der Waals surface area contributed by atoms with Gasteiger partial charge in [-0.2, -0.15) is 0 Å². The Labute approximate surface area is 123 Å². The number of aromatic nitrogens is 3. The lowest BCUT2D eigenvalue weighted by Crippen LogP contribution is -2.38. The number of rotatable bonds is 3. The number of carbonyl (C=O) groups is 2. The van der Waals surface area contributed by atoms with Gasteiger partial charge in [0.1, 0.15) is 6.54 Å². The first-order chi connectivity index (χ1) is 9.80. The van der Waals surface area contributed by atoms with Crippen LogP contribution in [0, 0.1) is 0 Å². The van der Waals surface area contributed by atoms with Crippen LogP contribution in [0.25, 0.3) is 0 Å². The van der Waals surface area contributed by atoms with Crippen LogP contribution in [0.4, 0.5) is 0 Å². The van der Waals surface area contributed by atoms with Crippen LogP contribution >= 0.6 is 0 Å². The second-order valence-corrected chi connectivity index (χ2v) is 6.44.